The Hall–Kier alpha value is -0.506. The summed E-state index contributed by atoms with van der Waals surface area (Å²) < 4.78 is 80.5. The number of Topliss-reactive ketones (excluding diaryl/α,β-unsaturated/α-hetero) is 1. The fourth-order valence-electron chi connectivity index (χ4n) is 12.5. The van der Waals surface area contributed by atoms with E-state index in [4.69, 9.17) is 50.6 Å². The molecule has 0 radical (unpaired) electrons. The lowest BCUT2D eigenvalue weighted by atomic mass is 9.81. The van der Waals surface area contributed by atoms with E-state index >= 15 is 4.79 Å². The topological polar surface area (TPSA) is 139 Å². The fourth-order valence-corrected chi connectivity index (χ4v) is 18.8. The maximum atomic E-state index is 15.4. The highest BCUT2D eigenvalue weighted by Gasteiger charge is 2.59. The number of methoxy groups -OCH3 is 1. The van der Waals surface area contributed by atoms with E-state index in [1.807, 2.05) is 6.08 Å². The molecule has 8 aliphatic rings. The van der Waals surface area contributed by atoms with Crippen molar-refractivity contribution in [3.63, 3.8) is 0 Å². The summed E-state index contributed by atoms with van der Waals surface area (Å²) in [6, 6.07) is 0. The van der Waals surface area contributed by atoms with Crippen molar-refractivity contribution < 1.29 is 60.5 Å². The molecule has 5 saturated heterocycles. The number of hydrogen-bond acceptors (Lipinski definition) is 13. The Morgan fingerprint density at radius 1 is 0.545 bits per heavy atom. The summed E-state index contributed by atoms with van der Waals surface area (Å²) in [5, 5.41) is 11.5. The van der Waals surface area contributed by atoms with Crippen LogP contribution in [0, 0.1) is 11.8 Å². The van der Waals surface area contributed by atoms with Crippen molar-refractivity contribution in [1.29, 1.82) is 0 Å². The van der Waals surface area contributed by atoms with Gasteiger partial charge < -0.3 is 55.7 Å². The minimum absolute atomic E-state index is 0.0128. The molecule has 18 atom stereocenters. The van der Waals surface area contributed by atoms with Crippen LogP contribution in [-0.2, 0) is 55.3 Å². The molecule has 88 heavy (non-hydrogen) atoms. The van der Waals surface area contributed by atoms with Gasteiger partial charge >= 0.3 is 0 Å². The van der Waals surface area contributed by atoms with Crippen molar-refractivity contribution in [3.8, 4) is 0 Å². The van der Waals surface area contributed by atoms with Crippen molar-refractivity contribution in [3.05, 3.63) is 36.5 Å². The van der Waals surface area contributed by atoms with Crippen molar-refractivity contribution in [2.75, 3.05) is 13.7 Å². The standard InChI is InChI=1S/C70H132O13Si5/c1-45-38-51-33-36-55-46(2)39-50(75-55)32-30-48(71)31-35-57(81-86(24,25)68(10,11)12)63-65(83-88(28,29)70(16,17)18)64(82-87(26,27)69(13,14)15)62-56(79-63)37-34-52(77-62)40-49(72)41-54-59(43-58(76-51)47(45)3)78-60(61(54)73-19)42-53(80-85(22,23)67(7,8)9)44-74-84(20,21)66(4,5)6/h31,35,45,48,50-65,71H,2-3,30,32-34,36-44H2,1,4-29H3/t45-,48?,50+,51+,52?,53+,54+,55?,56+,57+,58?,59+,60?,61-,62+,63+,64+,65-/m1/s1. The third-order valence-corrected chi connectivity index (χ3v) is 46.1. The normalized spacial score (nSPS) is 35.0. The second-order valence-electron chi connectivity index (χ2n) is 35.7. The monoisotopic (exact) mass is 1320 g/mol. The zero-order valence-corrected chi connectivity index (χ0v) is 66.0. The smallest absolute Gasteiger partial charge is 0.193 e. The number of ether oxygens (including phenoxy) is 6. The summed E-state index contributed by atoms with van der Waals surface area (Å²) in [5.74, 6) is 0.0699. The van der Waals surface area contributed by atoms with Gasteiger partial charge in [-0.3, -0.25) is 4.79 Å². The van der Waals surface area contributed by atoms with Crippen LogP contribution in [0.25, 0.3) is 0 Å². The Morgan fingerprint density at radius 2 is 1.06 bits per heavy atom. The molecule has 0 aliphatic carbocycles. The average molecular weight is 1320 g/mol. The van der Waals surface area contributed by atoms with Crippen LogP contribution in [0.1, 0.15) is 188 Å². The molecule has 8 aliphatic heterocycles. The van der Waals surface area contributed by atoms with E-state index in [0.717, 1.165) is 36.8 Å². The number of hydrogen-bond donors (Lipinski definition) is 1. The first kappa shape index (κ1) is 76.5. The molecule has 18 heteroatoms. The van der Waals surface area contributed by atoms with E-state index in [1.165, 1.54) is 0 Å². The molecule has 0 aromatic heterocycles. The number of rotatable bonds is 14. The number of carbonyl (C=O) groups is 1. The van der Waals surface area contributed by atoms with Crippen molar-refractivity contribution in [2.24, 2.45) is 11.8 Å². The predicted molar refractivity (Wildman–Crippen MR) is 372 cm³/mol. The third kappa shape index (κ3) is 18.7. The number of ketones is 1. The SMILES string of the molecule is C=C1C[C@@H]2CCC(O)C=C[C@H](O[Si](C)(C)C(C)(C)C)[C@@H]3O[C@H]4CCC(CC(=O)C[C@H]5[C@H](CC6O[C@@H](CCC1O2)C[C@@H](C)C6=C)OC(C[C@@H](CO[Si](C)(C)C(C)(C)C)O[Si](C)(C)C(C)(C)C)[C@@H]5OC)O[C@@H]4[C@H](O[Si](C)(C)C(C)(C)C)[C@@H]3O[Si](C)(C)C(C)(C)C. The quantitative estimate of drug-likeness (QED) is 0.131. The van der Waals surface area contributed by atoms with Gasteiger partial charge in [-0.1, -0.05) is 136 Å². The highest BCUT2D eigenvalue weighted by Crippen LogP contribution is 2.50. The van der Waals surface area contributed by atoms with Gasteiger partial charge in [0.05, 0.1) is 79.9 Å². The zero-order valence-electron chi connectivity index (χ0n) is 61.0. The van der Waals surface area contributed by atoms with Gasteiger partial charge in [-0.2, -0.15) is 0 Å². The number of aliphatic hydroxyl groups excluding tert-OH is 1. The Kier molecular flexibility index (Phi) is 24.9. The molecule has 13 nitrogen and oxygen atoms in total. The van der Waals surface area contributed by atoms with Gasteiger partial charge in [0.2, 0.25) is 0 Å². The highest BCUT2D eigenvalue weighted by atomic mass is 28.4. The average Bonchev–Trinajstić information content (AvgIpc) is 3.91. The van der Waals surface area contributed by atoms with Crippen molar-refractivity contribution in [1.82, 2.24) is 0 Å². The summed E-state index contributed by atoms with van der Waals surface area (Å²) >= 11 is 0. The van der Waals surface area contributed by atoms with Gasteiger partial charge in [-0.15, -0.1) is 0 Å². The van der Waals surface area contributed by atoms with E-state index in [-0.39, 0.29) is 111 Å². The van der Waals surface area contributed by atoms with Gasteiger partial charge in [-0.25, -0.2) is 0 Å². The highest BCUT2D eigenvalue weighted by molar-refractivity contribution is 6.76. The number of aliphatic hydroxyl groups is 1. The lowest BCUT2D eigenvalue weighted by Crippen LogP contribution is -2.69. The summed E-state index contributed by atoms with van der Waals surface area (Å²) in [5.41, 5.74) is 2.17. The minimum Gasteiger partial charge on any atom is -0.414 e. The van der Waals surface area contributed by atoms with Crippen LogP contribution in [0.4, 0.5) is 0 Å². The molecule has 5 unspecified atom stereocenters. The first-order valence-electron chi connectivity index (χ1n) is 34.4. The molecule has 510 valence electrons. The molecule has 0 aromatic carbocycles. The summed E-state index contributed by atoms with van der Waals surface area (Å²) in [6.07, 6.45) is 5.27. The van der Waals surface area contributed by atoms with E-state index in [0.29, 0.717) is 45.1 Å². The number of carbonyl (C=O) groups excluding carboxylic acids is 1. The van der Waals surface area contributed by atoms with E-state index in [1.54, 1.807) is 7.11 Å². The van der Waals surface area contributed by atoms with Crippen LogP contribution < -0.4 is 0 Å². The van der Waals surface area contributed by atoms with Crippen molar-refractivity contribution in [2.45, 2.75) is 376 Å². The van der Waals surface area contributed by atoms with Crippen LogP contribution >= 0.6 is 0 Å². The molecule has 0 aromatic rings. The van der Waals surface area contributed by atoms with E-state index in [9.17, 15) is 5.11 Å². The molecule has 8 heterocycles. The second kappa shape index (κ2) is 28.7. The molecule has 5 fully saturated rings. The van der Waals surface area contributed by atoms with Crippen LogP contribution in [0.15, 0.2) is 36.5 Å². The van der Waals surface area contributed by atoms with Gasteiger partial charge in [0.15, 0.2) is 41.6 Å². The second-order valence-corrected chi connectivity index (χ2v) is 59.5. The molecular weight excluding hydrogens is 1190 g/mol. The van der Waals surface area contributed by atoms with Crippen LogP contribution in [0.3, 0.4) is 0 Å². The molecular formula is C70H132O13Si5. The minimum atomic E-state index is -2.58. The predicted octanol–water partition coefficient (Wildman–Crippen LogP) is 17.0. The summed E-state index contributed by atoms with van der Waals surface area (Å²) in [6.45, 7) is 69.2. The third-order valence-electron chi connectivity index (χ3n) is 23.7. The first-order valence-corrected chi connectivity index (χ1v) is 48.9. The molecule has 8 bridgehead atoms. The van der Waals surface area contributed by atoms with Crippen LogP contribution in [0.2, 0.25) is 90.7 Å². The first-order chi connectivity index (χ1) is 40.0. The van der Waals surface area contributed by atoms with Gasteiger partial charge in [0.25, 0.3) is 0 Å². The van der Waals surface area contributed by atoms with Crippen LogP contribution in [0.5, 0.6) is 0 Å². The molecule has 0 amide bonds. The van der Waals surface area contributed by atoms with E-state index in [2.05, 4.69) is 195 Å². The van der Waals surface area contributed by atoms with Gasteiger partial charge in [-0.05, 0) is 159 Å². The summed E-state index contributed by atoms with van der Waals surface area (Å²) in [4.78, 5) is 15.4. The lowest BCUT2D eigenvalue weighted by Gasteiger charge is -2.56. The largest absolute Gasteiger partial charge is 0.414 e. The summed E-state index contributed by atoms with van der Waals surface area (Å²) in [7, 11) is -10.3. The molecule has 0 saturated carbocycles. The van der Waals surface area contributed by atoms with Crippen molar-refractivity contribution >= 4 is 47.4 Å². The Balaban J connectivity index is 1.45. The Morgan fingerprint density at radius 3 is 1.61 bits per heavy atom. The maximum Gasteiger partial charge on any atom is 0.193 e. The fraction of sp³-hybridized carbons (Fsp3) is 0.900. The lowest BCUT2D eigenvalue weighted by molar-refractivity contribution is -0.266. The molecule has 8 rings (SSSR count). The van der Waals surface area contributed by atoms with Gasteiger partial charge in [0.1, 0.15) is 30.2 Å². The van der Waals surface area contributed by atoms with Gasteiger partial charge in [0, 0.05) is 38.7 Å². The zero-order chi connectivity index (χ0) is 66.5. The van der Waals surface area contributed by atoms with E-state index < -0.39 is 84.3 Å². The Bertz CT molecular complexity index is 2360. The Labute approximate surface area is 543 Å². The molecule has 1 N–H and O–H groups in total. The molecule has 0 spiro atoms. The number of fused-ring (bicyclic) bond motifs is 2. The van der Waals surface area contributed by atoms with Crippen LogP contribution in [-0.4, -0.2) is 164 Å². The maximum absolute atomic E-state index is 15.4.